The van der Waals surface area contributed by atoms with Gasteiger partial charge in [-0.05, 0) is 88.3 Å². The van der Waals surface area contributed by atoms with E-state index in [0.29, 0.717) is 23.7 Å². The zero-order chi connectivity index (χ0) is 30.1. The number of carbonyl (C=O) groups is 2. The summed E-state index contributed by atoms with van der Waals surface area (Å²) in [5.74, 6) is -0.136. The Morgan fingerprint density at radius 2 is 1.86 bits per heavy atom. The lowest BCUT2D eigenvalue weighted by atomic mass is 9.77. The number of fused-ring (bicyclic) bond motifs is 3. The molecule has 0 bridgehead atoms. The van der Waals surface area contributed by atoms with Crippen LogP contribution in [0.1, 0.15) is 69.4 Å². The zero-order valence-electron chi connectivity index (χ0n) is 25.0. The number of rotatable bonds is 12. The first-order chi connectivity index (χ1) is 20.0. The van der Waals surface area contributed by atoms with Gasteiger partial charge in [-0.2, -0.15) is 0 Å². The first kappa shape index (κ1) is 30.6. The molecule has 0 amide bonds. The number of carbonyl (C=O) groups excluding carboxylic acids is 2. The molecule has 1 aromatic rings. The molecule has 1 aliphatic carbocycles. The molecule has 1 saturated heterocycles. The predicted molar refractivity (Wildman–Crippen MR) is 150 cm³/mol. The van der Waals surface area contributed by atoms with Crippen LogP contribution in [0.4, 0.5) is 0 Å². The quantitative estimate of drug-likeness (QED) is 0.275. The summed E-state index contributed by atoms with van der Waals surface area (Å²) < 4.78 is 33.6. The highest BCUT2D eigenvalue weighted by Gasteiger charge is 2.59. The van der Waals surface area contributed by atoms with Crippen LogP contribution in [0.15, 0.2) is 24.0 Å². The maximum absolute atomic E-state index is 13.9. The van der Waals surface area contributed by atoms with Gasteiger partial charge >= 0.3 is 11.9 Å². The van der Waals surface area contributed by atoms with Crippen molar-refractivity contribution >= 4 is 11.9 Å². The average Bonchev–Trinajstić information content (AvgIpc) is 3.61. The summed E-state index contributed by atoms with van der Waals surface area (Å²) in [5.41, 5.74) is -1.52. The molecule has 1 spiro atoms. The molecule has 1 aromatic carbocycles. The summed E-state index contributed by atoms with van der Waals surface area (Å²) in [6.07, 6.45) is 3.80. The molecule has 42 heavy (non-hydrogen) atoms. The molecule has 11 nitrogen and oxygen atoms in total. The molecular formula is C31H43NO10. The number of esters is 2. The second-order valence-electron chi connectivity index (χ2n) is 12.4. The van der Waals surface area contributed by atoms with Crippen LogP contribution in [-0.4, -0.2) is 97.2 Å². The molecular weight excluding hydrogens is 546 g/mol. The maximum Gasteiger partial charge on any atom is 0.339 e. The van der Waals surface area contributed by atoms with Crippen molar-refractivity contribution in [3.05, 3.63) is 35.1 Å². The van der Waals surface area contributed by atoms with Crippen molar-refractivity contribution in [2.24, 2.45) is 0 Å². The largest absolute Gasteiger partial charge is 0.497 e. The van der Waals surface area contributed by atoms with E-state index >= 15 is 0 Å². The third kappa shape index (κ3) is 5.97. The van der Waals surface area contributed by atoms with E-state index < -0.39 is 41.2 Å². The number of hydrogen-bond donors (Lipinski definition) is 2. The summed E-state index contributed by atoms with van der Waals surface area (Å²) >= 11 is 0. The normalized spacial score (nSPS) is 25.9. The average molecular weight is 590 g/mol. The fraction of sp³-hybridized carbons (Fsp3) is 0.677. The summed E-state index contributed by atoms with van der Waals surface area (Å²) in [4.78, 5) is 29.1. The van der Waals surface area contributed by atoms with E-state index in [0.717, 1.165) is 43.5 Å². The monoisotopic (exact) mass is 589 g/mol. The van der Waals surface area contributed by atoms with Crippen LogP contribution in [0.25, 0.3) is 0 Å². The molecule has 5 rings (SSSR count). The fourth-order valence-electron chi connectivity index (χ4n) is 6.92. The van der Waals surface area contributed by atoms with Crippen molar-refractivity contribution in [3.63, 3.8) is 0 Å². The Labute approximate surface area is 246 Å². The molecule has 0 radical (unpaired) electrons. The predicted octanol–water partition coefficient (Wildman–Crippen LogP) is 2.60. The Morgan fingerprint density at radius 3 is 2.57 bits per heavy atom. The first-order valence-corrected chi connectivity index (χ1v) is 14.7. The summed E-state index contributed by atoms with van der Waals surface area (Å²) in [5, 5.41) is 21.9. The van der Waals surface area contributed by atoms with E-state index in [1.807, 2.05) is 12.1 Å². The van der Waals surface area contributed by atoms with E-state index in [1.54, 1.807) is 21.0 Å². The Hall–Kier alpha value is -2.86. The van der Waals surface area contributed by atoms with E-state index in [9.17, 15) is 19.8 Å². The molecule has 4 atom stereocenters. The van der Waals surface area contributed by atoms with Gasteiger partial charge < -0.3 is 38.6 Å². The Balaban J connectivity index is 1.46. The van der Waals surface area contributed by atoms with Gasteiger partial charge in [-0.25, -0.2) is 4.79 Å². The van der Waals surface area contributed by atoms with Gasteiger partial charge in [0.05, 0.1) is 37.2 Å². The molecule has 3 aliphatic heterocycles. The highest BCUT2D eigenvalue weighted by atomic mass is 16.7. The lowest BCUT2D eigenvalue weighted by Crippen LogP contribution is -2.49. The van der Waals surface area contributed by atoms with Crippen LogP contribution in [-0.2, 0) is 35.0 Å². The van der Waals surface area contributed by atoms with E-state index in [2.05, 4.69) is 11.0 Å². The number of ether oxygens (including phenoxy) is 6. The molecule has 3 heterocycles. The molecule has 232 valence electrons. The van der Waals surface area contributed by atoms with Crippen molar-refractivity contribution in [2.75, 3.05) is 47.3 Å². The Bertz CT molecular complexity index is 1210. The van der Waals surface area contributed by atoms with Crippen LogP contribution in [0, 0.1) is 0 Å². The van der Waals surface area contributed by atoms with Gasteiger partial charge in [0.2, 0.25) is 6.79 Å². The van der Waals surface area contributed by atoms with Crippen molar-refractivity contribution in [1.29, 1.82) is 0 Å². The minimum atomic E-state index is -2.16. The summed E-state index contributed by atoms with van der Waals surface area (Å²) in [6.45, 7) is 5.37. The Morgan fingerprint density at radius 1 is 1.10 bits per heavy atom. The zero-order valence-corrected chi connectivity index (χ0v) is 25.0. The molecule has 0 saturated carbocycles. The minimum Gasteiger partial charge on any atom is -0.497 e. The highest BCUT2D eigenvalue weighted by Crippen LogP contribution is 2.55. The van der Waals surface area contributed by atoms with Gasteiger partial charge in [-0.3, -0.25) is 9.69 Å². The number of aliphatic hydroxyl groups is 2. The van der Waals surface area contributed by atoms with Gasteiger partial charge in [0.15, 0.2) is 23.2 Å². The third-order valence-corrected chi connectivity index (χ3v) is 8.94. The van der Waals surface area contributed by atoms with Crippen molar-refractivity contribution in [2.45, 2.75) is 87.6 Å². The molecule has 1 fully saturated rings. The van der Waals surface area contributed by atoms with Gasteiger partial charge in [-0.15, -0.1) is 0 Å². The second-order valence-corrected chi connectivity index (χ2v) is 12.4. The van der Waals surface area contributed by atoms with E-state index in [1.165, 1.54) is 7.11 Å². The van der Waals surface area contributed by atoms with Crippen LogP contribution in [0.3, 0.4) is 0 Å². The van der Waals surface area contributed by atoms with Crippen molar-refractivity contribution < 1.29 is 48.2 Å². The standard InChI is InChI=1S/C31H43NO10/c1-29(2,35)8-5-10-31(36,18-25(33)39-14-13-37-3)28(34)42-27-24(38-4)17-30-9-6-11-32(30)12-7-20-15-22-23(41-19-40-22)16-21(20)26(27)30/h15-17,26-27,35-36H,5-14,18-19H2,1-4H3/t26-,27?,30-,31-/m1/s1. The number of hydrogen-bond acceptors (Lipinski definition) is 11. The molecule has 2 N–H and O–H groups in total. The maximum atomic E-state index is 13.9. The lowest BCUT2D eigenvalue weighted by Gasteiger charge is -2.39. The fourth-order valence-corrected chi connectivity index (χ4v) is 6.92. The smallest absolute Gasteiger partial charge is 0.339 e. The molecule has 4 aliphatic rings. The van der Waals surface area contributed by atoms with E-state index in [-0.39, 0.29) is 38.8 Å². The summed E-state index contributed by atoms with van der Waals surface area (Å²) in [7, 11) is 3.04. The third-order valence-electron chi connectivity index (χ3n) is 8.94. The highest BCUT2D eigenvalue weighted by molar-refractivity contribution is 5.86. The molecule has 1 unspecified atom stereocenters. The van der Waals surface area contributed by atoms with E-state index in [4.69, 9.17) is 28.4 Å². The molecule has 0 aromatic heterocycles. The Kier molecular flexibility index (Phi) is 8.76. The second kappa shape index (κ2) is 12.0. The molecule has 11 heteroatoms. The van der Waals surface area contributed by atoms with Crippen LogP contribution >= 0.6 is 0 Å². The lowest BCUT2D eigenvalue weighted by molar-refractivity contribution is -0.179. The number of nitrogens with zero attached hydrogens (tertiary/aromatic N) is 1. The number of benzene rings is 1. The van der Waals surface area contributed by atoms with Gasteiger partial charge in [0, 0.05) is 13.7 Å². The topological polar surface area (TPSA) is 133 Å². The van der Waals surface area contributed by atoms with Crippen LogP contribution in [0.5, 0.6) is 11.5 Å². The van der Waals surface area contributed by atoms with Gasteiger partial charge in [-0.1, -0.05) is 0 Å². The minimum absolute atomic E-state index is 0.00334. The SMILES string of the molecule is COCCOC(=O)C[C@](O)(CCCC(C)(C)O)C(=O)OC1C(OC)=C[C@@]23CCCN2CCc2cc4c(cc2[C@H]13)OCO4. The number of methoxy groups -OCH3 is 2. The van der Waals surface area contributed by atoms with Gasteiger partial charge in [0.1, 0.15) is 12.4 Å². The van der Waals surface area contributed by atoms with Gasteiger partial charge in [0.25, 0.3) is 0 Å². The van der Waals surface area contributed by atoms with Crippen LogP contribution in [0.2, 0.25) is 0 Å². The van der Waals surface area contributed by atoms with Crippen molar-refractivity contribution in [3.8, 4) is 11.5 Å². The van der Waals surface area contributed by atoms with Crippen molar-refractivity contribution in [1.82, 2.24) is 4.90 Å². The first-order valence-electron chi connectivity index (χ1n) is 14.7. The summed E-state index contributed by atoms with van der Waals surface area (Å²) in [6, 6.07) is 4.00. The van der Waals surface area contributed by atoms with Crippen LogP contribution < -0.4 is 9.47 Å².